The van der Waals surface area contributed by atoms with Gasteiger partial charge in [0.1, 0.15) is 0 Å². The van der Waals surface area contributed by atoms with Crippen molar-refractivity contribution >= 4 is 35.2 Å². The molecule has 2 aromatic carbocycles. The molecule has 0 saturated carbocycles. The van der Waals surface area contributed by atoms with E-state index in [4.69, 9.17) is 0 Å². The summed E-state index contributed by atoms with van der Waals surface area (Å²) < 4.78 is 0. The Bertz CT molecular complexity index is 765. The monoisotopic (exact) mass is 520 g/mol. The van der Waals surface area contributed by atoms with Gasteiger partial charge in [-0.2, -0.15) is 0 Å². The van der Waals surface area contributed by atoms with Crippen LogP contribution in [0.4, 0.5) is 22.7 Å². The molecule has 2 aromatic rings. The zero-order valence-corrected chi connectivity index (χ0v) is 22.9. The molecule has 2 rings (SSSR count). The van der Waals surface area contributed by atoms with Gasteiger partial charge >= 0.3 is 0 Å². The van der Waals surface area contributed by atoms with E-state index >= 15 is 0 Å². The standard InChI is InChI=1S/C30H46N4.Ni/c1-3-5-7-9-11-13-21-31-27-17-15-19-29(25-27)33-23-24-34-30-20-16-18-28(26-30)32-22-14-12-10-8-6-4-2;/h15-20,23-26,31-32H,3-14,21-22H2,1-2H3;. The molecule has 0 radical (unpaired) electrons. The number of anilines is 2. The van der Waals surface area contributed by atoms with E-state index in [2.05, 4.69) is 58.7 Å². The molecule has 35 heavy (non-hydrogen) atoms. The summed E-state index contributed by atoms with van der Waals surface area (Å²) in [4.78, 5) is 9.09. The number of nitrogens with zero attached hydrogens (tertiary/aromatic N) is 2. The van der Waals surface area contributed by atoms with E-state index in [9.17, 15) is 0 Å². The van der Waals surface area contributed by atoms with Gasteiger partial charge in [0.15, 0.2) is 0 Å². The van der Waals surface area contributed by atoms with Crippen LogP contribution in [-0.4, -0.2) is 25.5 Å². The predicted molar refractivity (Wildman–Crippen MR) is 153 cm³/mol. The van der Waals surface area contributed by atoms with Gasteiger partial charge in [0.25, 0.3) is 0 Å². The van der Waals surface area contributed by atoms with E-state index in [-0.39, 0.29) is 16.5 Å². The Balaban J connectivity index is 0.00000612. The summed E-state index contributed by atoms with van der Waals surface area (Å²) in [6.07, 6.45) is 19.3. The third-order valence-corrected chi connectivity index (χ3v) is 5.93. The van der Waals surface area contributed by atoms with Gasteiger partial charge < -0.3 is 10.6 Å². The molecule has 0 spiro atoms. The van der Waals surface area contributed by atoms with Gasteiger partial charge in [-0.3, -0.25) is 9.98 Å². The molecule has 4 nitrogen and oxygen atoms in total. The van der Waals surface area contributed by atoms with Crippen molar-refractivity contribution in [3.63, 3.8) is 0 Å². The van der Waals surface area contributed by atoms with Crippen LogP contribution in [0.5, 0.6) is 0 Å². The summed E-state index contributed by atoms with van der Waals surface area (Å²) in [6, 6.07) is 16.5. The minimum atomic E-state index is 0. The number of hydrogen-bond acceptors (Lipinski definition) is 4. The van der Waals surface area contributed by atoms with Crippen molar-refractivity contribution in [2.45, 2.75) is 90.9 Å². The first kappa shape index (κ1) is 30.9. The first-order valence-electron chi connectivity index (χ1n) is 13.6. The summed E-state index contributed by atoms with van der Waals surface area (Å²) in [7, 11) is 0. The fourth-order valence-corrected chi connectivity index (χ4v) is 3.91. The number of unbranched alkanes of at least 4 members (excludes halogenated alkanes) is 10. The van der Waals surface area contributed by atoms with Gasteiger partial charge in [-0.1, -0.05) is 90.2 Å². The number of nitrogens with one attached hydrogen (secondary N) is 2. The van der Waals surface area contributed by atoms with Crippen LogP contribution >= 0.6 is 0 Å². The molecule has 0 heterocycles. The average Bonchev–Trinajstić information content (AvgIpc) is 2.86. The number of aliphatic imine (C=N–C) groups is 2. The predicted octanol–water partition coefficient (Wildman–Crippen LogP) is 9.33. The summed E-state index contributed by atoms with van der Waals surface area (Å²) in [5.41, 5.74) is 4.14. The Kier molecular flexibility index (Phi) is 18.7. The Morgan fingerprint density at radius 1 is 0.571 bits per heavy atom. The number of hydrogen-bond donors (Lipinski definition) is 2. The molecule has 5 heteroatoms. The molecule has 196 valence electrons. The largest absolute Gasteiger partial charge is 0.385 e. The van der Waals surface area contributed by atoms with E-state index in [0.717, 1.165) is 35.8 Å². The average molecular weight is 521 g/mol. The van der Waals surface area contributed by atoms with Crippen molar-refractivity contribution in [1.82, 2.24) is 0 Å². The fraction of sp³-hybridized carbons (Fsp3) is 0.533. The normalized spacial score (nSPS) is 11.1. The van der Waals surface area contributed by atoms with Crippen LogP contribution in [0.1, 0.15) is 90.9 Å². The Morgan fingerprint density at radius 3 is 1.40 bits per heavy atom. The fourth-order valence-electron chi connectivity index (χ4n) is 3.91. The Morgan fingerprint density at radius 2 is 0.971 bits per heavy atom. The van der Waals surface area contributed by atoms with Gasteiger partial charge in [-0.05, 0) is 49.2 Å². The van der Waals surface area contributed by atoms with Gasteiger partial charge in [0.05, 0.1) is 11.4 Å². The van der Waals surface area contributed by atoms with Crippen LogP contribution in [0.25, 0.3) is 0 Å². The van der Waals surface area contributed by atoms with Crippen LogP contribution in [0, 0.1) is 0 Å². The molecule has 0 aromatic heterocycles. The van der Waals surface area contributed by atoms with Crippen molar-refractivity contribution in [1.29, 1.82) is 0 Å². The van der Waals surface area contributed by atoms with E-state index in [1.807, 2.05) is 24.3 Å². The first-order valence-corrected chi connectivity index (χ1v) is 13.6. The van der Waals surface area contributed by atoms with E-state index in [0.29, 0.717) is 0 Å². The van der Waals surface area contributed by atoms with Crippen LogP contribution in [-0.2, 0) is 16.5 Å². The zero-order chi connectivity index (χ0) is 24.1. The topological polar surface area (TPSA) is 48.8 Å². The molecule has 0 fully saturated rings. The molecular weight excluding hydrogens is 475 g/mol. The van der Waals surface area contributed by atoms with E-state index in [1.54, 1.807) is 12.4 Å². The minimum absolute atomic E-state index is 0. The summed E-state index contributed by atoms with van der Waals surface area (Å²) in [5, 5.41) is 7.03. The maximum absolute atomic E-state index is 4.54. The maximum Gasteiger partial charge on any atom is 0.0650 e. The van der Waals surface area contributed by atoms with Crippen molar-refractivity contribution in [2.24, 2.45) is 9.98 Å². The molecule has 0 atom stereocenters. The van der Waals surface area contributed by atoms with Gasteiger partial charge in [-0.15, -0.1) is 0 Å². The Labute approximate surface area is 224 Å². The van der Waals surface area contributed by atoms with Crippen LogP contribution in [0.3, 0.4) is 0 Å². The van der Waals surface area contributed by atoms with Gasteiger partial charge in [-0.25, -0.2) is 0 Å². The second-order valence-electron chi connectivity index (χ2n) is 9.05. The molecule has 0 amide bonds. The number of rotatable bonds is 19. The summed E-state index contributed by atoms with van der Waals surface area (Å²) in [5.74, 6) is 0. The van der Waals surface area contributed by atoms with Gasteiger partial charge in [0, 0.05) is 53.4 Å². The van der Waals surface area contributed by atoms with E-state index < -0.39 is 0 Å². The van der Waals surface area contributed by atoms with E-state index in [1.165, 1.54) is 77.0 Å². The quantitative estimate of drug-likeness (QED) is 0.110. The second kappa shape index (κ2) is 21.2. The van der Waals surface area contributed by atoms with Crippen molar-refractivity contribution in [2.75, 3.05) is 23.7 Å². The third kappa shape index (κ3) is 15.5. The molecule has 0 aliphatic rings. The molecule has 0 unspecified atom stereocenters. The number of benzene rings is 2. The van der Waals surface area contributed by atoms with Crippen LogP contribution in [0.2, 0.25) is 0 Å². The first-order chi connectivity index (χ1) is 16.8. The summed E-state index contributed by atoms with van der Waals surface area (Å²) >= 11 is 0. The van der Waals surface area contributed by atoms with Crippen molar-refractivity contribution in [3.05, 3.63) is 48.5 Å². The Hall–Kier alpha value is -2.13. The summed E-state index contributed by atoms with van der Waals surface area (Å²) in [6.45, 7) is 6.56. The van der Waals surface area contributed by atoms with Crippen molar-refractivity contribution < 1.29 is 16.5 Å². The van der Waals surface area contributed by atoms with Crippen LogP contribution in [0.15, 0.2) is 58.5 Å². The molecule has 0 saturated heterocycles. The SMILES string of the molecule is CCCCCCCCNc1cccc(N=CC=Nc2cccc(NCCCCCCCC)c2)c1.[Ni]. The molecule has 0 bridgehead atoms. The zero-order valence-electron chi connectivity index (χ0n) is 21.9. The van der Waals surface area contributed by atoms with Crippen LogP contribution < -0.4 is 10.6 Å². The molecule has 2 N–H and O–H groups in total. The molecule has 0 aliphatic heterocycles. The minimum Gasteiger partial charge on any atom is -0.385 e. The molecular formula is C30H46N4Ni. The molecule has 0 aliphatic carbocycles. The van der Waals surface area contributed by atoms with Gasteiger partial charge in [0.2, 0.25) is 0 Å². The smallest absolute Gasteiger partial charge is 0.0650 e. The van der Waals surface area contributed by atoms with Crippen molar-refractivity contribution in [3.8, 4) is 0 Å². The third-order valence-electron chi connectivity index (χ3n) is 5.93. The maximum atomic E-state index is 4.54. The second-order valence-corrected chi connectivity index (χ2v) is 9.05.